The van der Waals surface area contributed by atoms with Gasteiger partial charge in [0.05, 0.1) is 6.54 Å². The number of nitrogens with one attached hydrogen (secondary N) is 5. The Morgan fingerprint density at radius 3 is 2.47 bits per heavy atom. The van der Waals surface area contributed by atoms with E-state index in [1.165, 1.54) is 6.92 Å². The summed E-state index contributed by atoms with van der Waals surface area (Å²) in [6.45, 7) is 1.25. The number of amides is 1. The first-order valence-electron chi connectivity index (χ1n) is 9.27. The van der Waals surface area contributed by atoms with Gasteiger partial charge in [-0.25, -0.2) is 0 Å². The third-order valence-electron chi connectivity index (χ3n) is 4.60. The summed E-state index contributed by atoms with van der Waals surface area (Å²) in [6, 6.07) is 6.65. The molecule has 1 heterocycles. The van der Waals surface area contributed by atoms with Gasteiger partial charge in [-0.05, 0) is 17.7 Å². The fraction of sp³-hybridized carbons (Fsp3) is 0.350. The van der Waals surface area contributed by atoms with E-state index < -0.39 is 12.7 Å². The molecular weight excluding hydrogens is 397 g/mol. The SMILES string of the molecule is CNC1=C(C(=N)Nc2ccc(/C(C=N)=C/NCC(F)(F)F)cc2)CN(C(C)=O)CC1. The highest BCUT2D eigenvalue weighted by Gasteiger charge is 2.26. The molecule has 0 saturated carbocycles. The third-order valence-corrected chi connectivity index (χ3v) is 4.60. The summed E-state index contributed by atoms with van der Waals surface area (Å²) in [6.07, 6.45) is -1.59. The molecule has 0 saturated heterocycles. The van der Waals surface area contributed by atoms with E-state index in [0.29, 0.717) is 41.9 Å². The van der Waals surface area contributed by atoms with Gasteiger partial charge in [-0.1, -0.05) is 12.1 Å². The summed E-state index contributed by atoms with van der Waals surface area (Å²) in [5.41, 5.74) is 3.06. The van der Waals surface area contributed by atoms with Crippen LogP contribution in [0.3, 0.4) is 0 Å². The molecule has 5 N–H and O–H groups in total. The number of allylic oxidation sites excluding steroid dienone is 1. The summed E-state index contributed by atoms with van der Waals surface area (Å²) in [5.74, 6) is 0.109. The Labute approximate surface area is 173 Å². The molecular formula is C20H25F3N6O. The van der Waals surface area contributed by atoms with Crippen LogP contribution in [0.15, 0.2) is 41.7 Å². The van der Waals surface area contributed by atoms with Gasteiger partial charge in [0.2, 0.25) is 5.91 Å². The fourth-order valence-electron chi connectivity index (χ4n) is 2.99. The predicted octanol–water partition coefficient (Wildman–Crippen LogP) is 2.94. The molecule has 1 aliphatic heterocycles. The van der Waals surface area contributed by atoms with Crippen molar-refractivity contribution in [2.45, 2.75) is 19.5 Å². The second kappa shape index (κ2) is 9.95. The Balaban J connectivity index is 2.10. The lowest BCUT2D eigenvalue weighted by atomic mass is 10.0. The second-order valence-corrected chi connectivity index (χ2v) is 6.72. The maximum Gasteiger partial charge on any atom is 0.405 e. The van der Waals surface area contributed by atoms with Crippen molar-refractivity contribution in [1.29, 1.82) is 10.8 Å². The van der Waals surface area contributed by atoms with Gasteiger partial charge in [0, 0.05) is 61.9 Å². The molecule has 30 heavy (non-hydrogen) atoms. The van der Waals surface area contributed by atoms with Gasteiger partial charge in [0.15, 0.2) is 0 Å². The summed E-state index contributed by atoms with van der Waals surface area (Å²) in [5, 5.41) is 24.0. The van der Waals surface area contributed by atoms with Crippen molar-refractivity contribution in [3.05, 3.63) is 47.3 Å². The Kier molecular flexibility index (Phi) is 7.62. The average molecular weight is 422 g/mol. The minimum absolute atomic E-state index is 0.0510. The molecule has 0 radical (unpaired) electrons. The molecule has 0 atom stereocenters. The number of hydrogen-bond donors (Lipinski definition) is 5. The summed E-state index contributed by atoms with van der Waals surface area (Å²) >= 11 is 0. The van der Waals surface area contributed by atoms with Gasteiger partial charge in [-0.3, -0.25) is 10.2 Å². The number of anilines is 1. The quantitative estimate of drug-likeness (QED) is 0.344. The van der Waals surface area contributed by atoms with Crippen LogP contribution < -0.4 is 16.0 Å². The Morgan fingerprint density at radius 1 is 1.27 bits per heavy atom. The molecule has 162 valence electrons. The van der Waals surface area contributed by atoms with Crippen molar-refractivity contribution in [3.8, 4) is 0 Å². The van der Waals surface area contributed by atoms with E-state index in [0.717, 1.165) is 18.1 Å². The van der Waals surface area contributed by atoms with Gasteiger partial charge in [0.25, 0.3) is 0 Å². The highest BCUT2D eigenvalue weighted by atomic mass is 19.4. The van der Waals surface area contributed by atoms with Gasteiger partial charge in [0.1, 0.15) is 12.4 Å². The van der Waals surface area contributed by atoms with E-state index in [1.807, 2.05) is 0 Å². The van der Waals surface area contributed by atoms with Crippen molar-refractivity contribution in [3.63, 3.8) is 0 Å². The molecule has 1 aromatic carbocycles. The molecule has 1 amide bonds. The Hall–Kier alpha value is -3.30. The second-order valence-electron chi connectivity index (χ2n) is 6.72. The summed E-state index contributed by atoms with van der Waals surface area (Å²) in [4.78, 5) is 13.4. The van der Waals surface area contributed by atoms with E-state index in [2.05, 4.69) is 16.0 Å². The third kappa shape index (κ3) is 6.36. The van der Waals surface area contributed by atoms with E-state index >= 15 is 0 Å². The smallest absolute Gasteiger partial charge is 0.391 e. The number of carbonyl (C=O) groups is 1. The van der Waals surface area contributed by atoms with Crippen LogP contribution in [-0.4, -0.2) is 55.7 Å². The van der Waals surface area contributed by atoms with E-state index in [-0.39, 0.29) is 11.7 Å². The van der Waals surface area contributed by atoms with Gasteiger partial charge in [-0.15, -0.1) is 0 Å². The Bertz CT molecular complexity index is 858. The maximum atomic E-state index is 12.3. The number of amidine groups is 1. The molecule has 0 aliphatic carbocycles. The number of benzene rings is 1. The van der Waals surface area contributed by atoms with Crippen LogP contribution in [-0.2, 0) is 4.79 Å². The van der Waals surface area contributed by atoms with Crippen LogP contribution in [0.1, 0.15) is 18.9 Å². The van der Waals surface area contributed by atoms with Crippen molar-refractivity contribution in [2.75, 3.05) is 32.0 Å². The molecule has 0 fully saturated rings. The predicted molar refractivity (Wildman–Crippen MR) is 112 cm³/mol. The van der Waals surface area contributed by atoms with E-state index in [1.54, 1.807) is 36.2 Å². The molecule has 0 spiro atoms. The molecule has 7 nitrogen and oxygen atoms in total. The Morgan fingerprint density at radius 2 is 1.93 bits per heavy atom. The largest absolute Gasteiger partial charge is 0.405 e. The van der Waals surface area contributed by atoms with Crippen molar-refractivity contribution >= 4 is 29.2 Å². The van der Waals surface area contributed by atoms with Crippen LogP contribution in [0.4, 0.5) is 18.9 Å². The first-order chi connectivity index (χ1) is 14.1. The van der Waals surface area contributed by atoms with Crippen LogP contribution >= 0.6 is 0 Å². The number of carbonyl (C=O) groups excluding carboxylic acids is 1. The van der Waals surface area contributed by atoms with Crippen LogP contribution in [0.2, 0.25) is 0 Å². The first-order valence-corrected chi connectivity index (χ1v) is 9.27. The van der Waals surface area contributed by atoms with Crippen LogP contribution in [0.5, 0.6) is 0 Å². The fourth-order valence-corrected chi connectivity index (χ4v) is 2.99. The zero-order valence-corrected chi connectivity index (χ0v) is 16.8. The number of rotatable bonds is 7. The van der Waals surface area contributed by atoms with Crippen molar-refractivity contribution in [2.24, 2.45) is 0 Å². The number of alkyl halides is 3. The molecule has 1 aliphatic rings. The van der Waals surface area contributed by atoms with Crippen LogP contribution in [0.25, 0.3) is 5.57 Å². The van der Waals surface area contributed by atoms with E-state index in [9.17, 15) is 18.0 Å². The van der Waals surface area contributed by atoms with Crippen LogP contribution in [0, 0.1) is 10.8 Å². The highest BCUT2D eigenvalue weighted by Crippen LogP contribution is 2.20. The van der Waals surface area contributed by atoms with E-state index in [4.69, 9.17) is 10.8 Å². The standard InChI is InChI=1S/C20H25F3N6O/c1-13(30)29-8-7-18(26-2)17(11-29)19(25)28-16-5-3-14(4-6-16)15(9-24)10-27-12-20(21,22)23/h3-6,9-10,24,26-27H,7-8,11-12H2,1-2H3,(H2,25,28)/b15-10+,24-9?. The summed E-state index contributed by atoms with van der Waals surface area (Å²) in [7, 11) is 1.78. The average Bonchev–Trinajstić information content (AvgIpc) is 2.70. The van der Waals surface area contributed by atoms with Gasteiger partial charge in [-0.2, -0.15) is 13.2 Å². The zero-order valence-electron chi connectivity index (χ0n) is 16.8. The molecule has 0 aromatic heterocycles. The van der Waals surface area contributed by atoms with Gasteiger partial charge >= 0.3 is 6.18 Å². The lowest BCUT2D eigenvalue weighted by Gasteiger charge is -2.30. The summed E-state index contributed by atoms with van der Waals surface area (Å²) < 4.78 is 36.8. The topological polar surface area (TPSA) is 104 Å². The molecule has 1 aromatic rings. The maximum absolute atomic E-state index is 12.3. The van der Waals surface area contributed by atoms with Crippen molar-refractivity contribution in [1.82, 2.24) is 15.5 Å². The molecule has 0 unspecified atom stereocenters. The number of nitrogens with zero attached hydrogens (tertiary/aromatic N) is 1. The minimum Gasteiger partial charge on any atom is -0.391 e. The number of hydrogen-bond acceptors (Lipinski definition) is 5. The number of halogens is 3. The molecule has 10 heteroatoms. The van der Waals surface area contributed by atoms with Crippen molar-refractivity contribution < 1.29 is 18.0 Å². The first kappa shape index (κ1) is 23.0. The minimum atomic E-state index is -4.34. The highest BCUT2D eigenvalue weighted by molar-refractivity contribution is 6.09. The molecule has 2 rings (SSSR count). The lowest BCUT2D eigenvalue weighted by Crippen LogP contribution is -2.40. The molecule has 0 bridgehead atoms. The normalized spacial score (nSPS) is 15.0. The zero-order chi connectivity index (χ0) is 22.3. The van der Waals surface area contributed by atoms with Gasteiger partial charge < -0.3 is 26.3 Å². The monoisotopic (exact) mass is 422 g/mol. The lowest BCUT2D eigenvalue weighted by molar-refractivity contribution is -0.128.